The number of carbonyl (C=O) groups excluding carboxylic acids is 10. The average molecular weight is 1080 g/mol. The number of Topliss-reactive ketones (excluding diaryl/α,β-unsaturated/α-hetero) is 4. The molecule has 0 radical (unpaired) electrons. The Morgan fingerprint density at radius 1 is 0.618 bits per heavy atom. The van der Waals surface area contributed by atoms with E-state index in [4.69, 9.17) is 10.5 Å². The van der Waals surface area contributed by atoms with Crippen LogP contribution in [0.4, 0.5) is 0 Å². The number of nitrogens with one attached hydrogen (secondary N) is 2. The average Bonchev–Trinajstić information content (AvgIpc) is 3.33. The molecule has 0 aliphatic carbocycles. The summed E-state index contributed by atoms with van der Waals surface area (Å²) in [6, 6.07) is -5.71. The number of nitrogens with zero attached hydrogens (tertiary/aromatic N) is 3. The van der Waals surface area contributed by atoms with E-state index in [1.54, 1.807) is 41.7 Å². The number of ether oxygens (including phenoxy) is 1. The van der Waals surface area contributed by atoms with Gasteiger partial charge in [0.05, 0.1) is 36.1 Å². The number of hydrogen-bond acceptors (Lipinski definition) is 13. The zero-order chi connectivity index (χ0) is 59.1. The molecule has 18 nitrogen and oxygen atoms in total. The molecule has 0 aliphatic rings. The molecule has 0 bridgehead atoms. The molecule has 0 spiro atoms. The minimum Gasteiger partial charge on any atom is -0.461 e. The highest BCUT2D eigenvalue weighted by atomic mass is 16.5. The zero-order valence-corrected chi connectivity index (χ0v) is 50.0. The summed E-state index contributed by atoms with van der Waals surface area (Å²) in [5.74, 6) is -8.96. The molecule has 0 aromatic heterocycles. The van der Waals surface area contributed by atoms with Crippen LogP contribution in [0, 0.1) is 53.3 Å². The Balaban J connectivity index is 6.85. The van der Waals surface area contributed by atoms with E-state index in [1.807, 2.05) is 74.5 Å². The molecule has 5 amide bonds. The van der Waals surface area contributed by atoms with Crippen LogP contribution in [0.2, 0.25) is 0 Å². The minimum atomic E-state index is -1.25. The monoisotopic (exact) mass is 1070 g/mol. The van der Waals surface area contributed by atoms with Crippen LogP contribution in [0.1, 0.15) is 175 Å². The molecule has 0 aliphatic heterocycles. The minimum absolute atomic E-state index is 0.0255. The first-order valence-electron chi connectivity index (χ1n) is 27.9. The Morgan fingerprint density at radius 2 is 1.13 bits per heavy atom. The van der Waals surface area contributed by atoms with Gasteiger partial charge in [0.1, 0.15) is 12.1 Å². The summed E-state index contributed by atoms with van der Waals surface area (Å²) < 4.78 is 5.80. The standard InChI is InChI=1S/C58H102N6O12/c1-20-22-24-38(13)53(76-41(16)66)43(55(72)61-44(21-2)47(67)25-23-26-65)32-50(70)52(37(11)12)64(19)57(74)42(27-33(3)4)31-49(69)46(29-35(7)8)62(17)56(73)40(15)60-54(71)39(14)30-48(68)45(28-34(5)6)63(18)58(75)51(59)36(9)10/h20,22,33-40,42-46,51-53,65H,21,23-32,59H2,1-19H3,(H,60,71)(H,61,72)/b22-20+/t38-,39-,40-,42-,43+,44+,45+,46+,51+,52+,53-/m1/s1. The molecular formula is C58H102N6O12. The van der Waals surface area contributed by atoms with E-state index in [2.05, 4.69) is 10.6 Å². The summed E-state index contributed by atoms with van der Waals surface area (Å²) in [6.07, 6.45) is 3.44. The van der Waals surface area contributed by atoms with Gasteiger partial charge in [0.15, 0.2) is 23.1 Å². The van der Waals surface area contributed by atoms with Crippen LogP contribution >= 0.6 is 0 Å². The van der Waals surface area contributed by atoms with E-state index in [1.165, 1.54) is 42.6 Å². The number of amides is 5. The van der Waals surface area contributed by atoms with Crippen LogP contribution in [0.3, 0.4) is 0 Å². The van der Waals surface area contributed by atoms with E-state index in [0.717, 1.165) is 0 Å². The second-order valence-electron chi connectivity index (χ2n) is 23.3. The van der Waals surface area contributed by atoms with Gasteiger partial charge in [-0.15, -0.1) is 0 Å². The van der Waals surface area contributed by atoms with Crippen LogP contribution in [0.25, 0.3) is 0 Å². The summed E-state index contributed by atoms with van der Waals surface area (Å²) in [5.41, 5.74) is 6.15. The lowest BCUT2D eigenvalue weighted by atomic mass is 9.82. The van der Waals surface area contributed by atoms with E-state index in [0.29, 0.717) is 12.8 Å². The Labute approximate surface area is 456 Å². The normalized spacial score (nSPS) is 16.2. The number of esters is 1. The number of allylic oxidation sites excluding steroid dienone is 2. The lowest BCUT2D eigenvalue weighted by Crippen LogP contribution is -2.54. The number of hydrogen-bond donors (Lipinski definition) is 4. The van der Waals surface area contributed by atoms with Crippen LogP contribution in [-0.2, 0) is 52.7 Å². The molecule has 0 saturated heterocycles. The third-order valence-corrected chi connectivity index (χ3v) is 14.2. The van der Waals surface area contributed by atoms with Crippen LogP contribution in [-0.4, -0.2) is 149 Å². The highest BCUT2D eigenvalue weighted by Crippen LogP contribution is 2.30. The van der Waals surface area contributed by atoms with Crippen molar-refractivity contribution < 1.29 is 57.8 Å². The first-order chi connectivity index (χ1) is 35.2. The van der Waals surface area contributed by atoms with Gasteiger partial charge in [-0.25, -0.2) is 0 Å². The second-order valence-corrected chi connectivity index (χ2v) is 23.3. The van der Waals surface area contributed by atoms with Crippen molar-refractivity contribution >= 4 is 58.6 Å². The number of aliphatic hydroxyl groups excluding tert-OH is 1. The molecule has 0 fully saturated rings. The fraction of sp³-hybridized carbons (Fsp3) is 0.793. The van der Waals surface area contributed by atoms with Gasteiger partial charge in [-0.2, -0.15) is 0 Å². The summed E-state index contributed by atoms with van der Waals surface area (Å²) in [5, 5.41) is 14.9. The molecule has 0 unspecified atom stereocenters. The van der Waals surface area contributed by atoms with E-state index >= 15 is 0 Å². The Bertz CT molecular complexity index is 1950. The molecular weight excluding hydrogens is 973 g/mol. The predicted octanol–water partition coefficient (Wildman–Crippen LogP) is 6.27. The Kier molecular flexibility index (Phi) is 32.6. The fourth-order valence-electron chi connectivity index (χ4n) is 9.75. The smallest absolute Gasteiger partial charge is 0.302 e. The largest absolute Gasteiger partial charge is 0.461 e. The quantitative estimate of drug-likeness (QED) is 0.0396. The van der Waals surface area contributed by atoms with Crippen molar-refractivity contribution in [1.82, 2.24) is 25.3 Å². The van der Waals surface area contributed by atoms with Crippen molar-refractivity contribution in [1.29, 1.82) is 0 Å². The van der Waals surface area contributed by atoms with Gasteiger partial charge < -0.3 is 40.9 Å². The number of rotatable bonds is 37. The molecule has 5 N–H and O–H groups in total. The van der Waals surface area contributed by atoms with Gasteiger partial charge in [0, 0.05) is 72.2 Å². The molecule has 18 heteroatoms. The van der Waals surface area contributed by atoms with Crippen molar-refractivity contribution in [3.63, 3.8) is 0 Å². The number of nitrogens with two attached hydrogens (primary N) is 1. The highest BCUT2D eigenvalue weighted by molar-refractivity contribution is 5.98. The molecule has 0 heterocycles. The van der Waals surface area contributed by atoms with Gasteiger partial charge in [0.25, 0.3) is 0 Å². The Morgan fingerprint density at radius 3 is 1.58 bits per heavy atom. The van der Waals surface area contributed by atoms with Crippen molar-refractivity contribution in [3.05, 3.63) is 12.2 Å². The molecule has 0 saturated carbocycles. The molecule has 0 aromatic carbocycles. The second kappa shape index (κ2) is 34.8. The molecule has 436 valence electrons. The van der Waals surface area contributed by atoms with Crippen molar-refractivity contribution in [2.75, 3.05) is 27.7 Å². The summed E-state index contributed by atoms with van der Waals surface area (Å²) in [7, 11) is 4.52. The SMILES string of the molecule is C/C=C/C[C@@H](C)[C@@H](OC(C)=O)[C@H](CC(=O)[C@H](C(C)C)N(C)C(=O)[C@@H](CC(=O)[C@H](CC(C)C)N(C)C(=O)[C@@H](C)NC(=O)[C@H](C)CC(=O)[C@H](CC(C)C)N(C)C(=O)[C@@H](N)C(C)C)CC(C)C)C(=O)N[C@@H](CC)C(=O)CCCO. The molecule has 0 rings (SSSR count). The van der Waals surface area contributed by atoms with E-state index in [9.17, 15) is 53.1 Å². The first-order valence-corrected chi connectivity index (χ1v) is 27.9. The number of aliphatic hydroxyl groups is 1. The van der Waals surface area contributed by atoms with Gasteiger partial charge in [-0.3, -0.25) is 47.9 Å². The summed E-state index contributed by atoms with van der Waals surface area (Å²) >= 11 is 0. The topological polar surface area (TPSA) is 260 Å². The van der Waals surface area contributed by atoms with Gasteiger partial charge >= 0.3 is 5.97 Å². The number of likely N-dealkylation sites (N-methyl/N-ethyl adjacent to an activating group) is 3. The van der Waals surface area contributed by atoms with Gasteiger partial charge in [-0.05, 0) is 87.9 Å². The van der Waals surface area contributed by atoms with E-state index in [-0.39, 0.29) is 98.5 Å². The van der Waals surface area contributed by atoms with Crippen LogP contribution in [0.15, 0.2) is 12.2 Å². The maximum atomic E-state index is 14.8. The van der Waals surface area contributed by atoms with Gasteiger partial charge in [-0.1, -0.05) is 102 Å². The van der Waals surface area contributed by atoms with Crippen molar-refractivity contribution in [2.24, 2.45) is 59.0 Å². The summed E-state index contributed by atoms with van der Waals surface area (Å²) in [4.78, 5) is 143. The maximum Gasteiger partial charge on any atom is 0.302 e. The summed E-state index contributed by atoms with van der Waals surface area (Å²) in [6.45, 7) is 28.1. The van der Waals surface area contributed by atoms with Crippen molar-refractivity contribution in [2.45, 2.75) is 217 Å². The number of carbonyl (C=O) groups is 10. The fourth-order valence-corrected chi connectivity index (χ4v) is 9.75. The molecule has 76 heavy (non-hydrogen) atoms. The maximum absolute atomic E-state index is 14.8. The third kappa shape index (κ3) is 23.4. The van der Waals surface area contributed by atoms with E-state index < -0.39 is 114 Å². The van der Waals surface area contributed by atoms with Crippen LogP contribution in [0.5, 0.6) is 0 Å². The van der Waals surface area contributed by atoms with Crippen molar-refractivity contribution in [3.8, 4) is 0 Å². The number of ketones is 4. The Hall–Kier alpha value is -4.84. The van der Waals surface area contributed by atoms with Crippen LogP contribution < -0.4 is 16.4 Å². The highest BCUT2D eigenvalue weighted by Gasteiger charge is 2.43. The molecule has 0 aromatic rings. The first kappa shape index (κ1) is 71.2. The zero-order valence-electron chi connectivity index (χ0n) is 50.0. The predicted molar refractivity (Wildman–Crippen MR) is 296 cm³/mol. The lowest BCUT2D eigenvalue weighted by Gasteiger charge is -2.36. The lowest BCUT2D eigenvalue weighted by molar-refractivity contribution is -0.157. The third-order valence-electron chi connectivity index (χ3n) is 14.2. The molecule has 11 atom stereocenters. The van der Waals surface area contributed by atoms with Gasteiger partial charge in [0.2, 0.25) is 29.5 Å².